The largest absolute Gasteiger partial charge is 0.332 e. The van der Waals surface area contributed by atoms with Crippen LogP contribution in [0.3, 0.4) is 0 Å². The Bertz CT molecular complexity index is 418. The van der Waals surface area contributed by atoms with Crippen molar-refractivity contribution in [2.24, 2.45) is 5.73 Å². The molecule has 4 heteroatoms. The maximum atomic E-state index is 12.4. The molecule has 0 saturated carbocycles. The van der Waals surface area contributed by atoms with Gasteiger partial charge in [-0.3, -0.25) is 4.79 Å². The summed E-state index contributed by atoms with van der Waals surface area (Å²) in [6.07, 6.45) is 2.00. The summed E-state index contributed by atoms with van der Waals surface area (Å²) in [5, 5.41) is 0.643. The second-order valence-corrected chi connectivity index (χ2v) is 5.20. The lowest BCUT2D eigenvalue weighted by molar-refractivity contribution is 0.0637. The first-order valence-corrected chi connectivity index (χ1v) is 6.22. The maximum absolute atomic E-state index is 12.4. The maximum Gasteiger partial charge on any atom is 0.254 e. The lowest BCUT2D eigenvalue weighted by atomic mass is 9.98. The normalized spacial score (nSPS) is 24.1. The van der Waals surface area contributed by atoms with E-state index < -0.39 is 0 Å². The van der Waals surface area contributed by atoms with E-state index in [4.69, 9.17) is 17.3 Å². The number of nitrogens with zero attached hydrogens (tertiary/aromatic N) is 1. The molecule has 0 aliphatic carbocycles. The van der Waals surface area contributed by atoms with E-state index in [0.29, 0.717) is 17.1 Å². The van der Waals surface area contributed by atoms with E-state index in [-0.39, 0.29) is 11.4 Å². The van der Waals surface area contributed by atoms with Crippen LogP contribution in [0.15, 0.2) is 24.3 Å². The van der Waals surface area contributed by atoms with E-state index in [0.717, 1.165) is 19.4 Å². The minimum atomic E-state index is -0.198. The summed E-state index contributed by atoms with van der Waals surface area (Å²) in [5.41, 5.74) is 6.26. The van der Waals surface area contributed by atoms with Gasteiger partial charge in [0.15, 0.2) is 0 Å². The van der Waals surface area contributed by atoms with Crippen molar-refractivity contribution in [1.29, 1.82) is 0 Å². The molecule has 1 aromatic rings. The highest BCUT2D eigenvalue weighted by Crippen LogP contribution is 2.29. The molecule has 2 N–H and O–H groups in total. The Morgan fingerprint density at radius 2 is 2.12 bits per heavy atom. The standard InChI is InChI=1S/C13H17ClN2O/c1-13(9-15)7-2-8-16(13)12(17)10-3-5-11(14)6-4-10/h3-6H,2,7-9,15H2,1H3. The molecule has 1 fully saturated rings. The van der Waals surface area contributed by atoms with Crippen LogP contribution in [0.2, 0.25) is 5.02 Å². The number of amides is 1. The van der Waals surface area contributed by atoms with Gasteiger partial charge in [-0.05, 0) is 44.0 Å². The summed E-state index contributed by atoms with van der Waals surface area (Å²) in [5.74, 6) is 0.0483. The van der Waals surface area contributed by atoms with Crippen LogP contribution in [-0.4, -0.2) is 29.4 Å². The Labute approximate surface area is 107 Å². The Hall–Kier alpha value is -1.06. The van der Waals surface area contributed by atoms with Crippen LogP contribution in [0, 0.1) is 0 Å². The highest BCUT2D eigenvalue weighted by molar-refractivity contribution is 6.30. The van der Waals surface area contributed by atoms with Gasteiger partial charge in [0.2, 0.25) is 0 Å². The zero-order valence-electron chi connectivity index (χ0n) is 9.95. The molecule has 1 heterocycles. The van der Waals surface area contributed by atoms with E-state index in [2.05, 4.69) is 0 Å². The van der Waals surface area contributed by atoms with Gasteiger partial charge in [-0.25, -0.2) is 0 Å². The smallest absolute Gasteiger partial charge is 0.254 e. The first kappa shape index (κ1) is 12.4. The Balaban J connectivity index is 2.23. The predicted molar refractivity (Wildman–Crippen MR) is 69.2 cm³/mol. The predicted octanol–water partition coefficient (Wildman–Crippen LogP) is 2.29. The Morgan fingerprint density at radius 1 is 1.47 bits per heavy atom. The minimum Gasteiger partial charge on any atom is -0.332 e. The van der Waals surface area contributed by atoms with Crippen LogP contribution in [0.5, 0.6) is 0 Å². The summed E-state index contributed by atoms with van der Waals surface area (Å²) >= 11 is 5.81. The van der Waals surface area contributed by atoms with Crippen molar-refractivity contribution in [2.75, 3.05) is 13.1 Å². The topological polar surface area (TPSA) is 46.3 Å². The average molecular weight is 253 g/mol. The van der Waals surface area contributed by atoms with Crippen LogP contribution in [0.4, 0.5) is 0 Å². The third-order valence-electron chi connectivity index (χ3n) is 3.52. The van der Waals surface area contributed by atoms with Crippen molar-refractivity contribution >= 4 is 17.5 Å². The average Bonchev–Trinajstić information content (AvgIpc) is 2.72. The van der Waals surface area contributed by atoms with Gasteiger partial charge < -0.3 is 10.6 Å². The van der Waals surface area contributed by atoms with E-state index >= 15 is 0 Å². The lowest BCUT2D eigenvalue weighted by Crippen LogP contribution is -2.50. The fourth-order valence-corrected chi connectivity index (χ4v) is 2.46. The molecule has 1 aliphatic heterocycles. The summed E-state index contributed by atoms with van der Waals surface area (Å²) in [7, 11) is 0. The summed E-state index contributed by atoms with van der Waals surface area (Å²) in [6.45, 7) is 3.34. The first-order chi connectivity index (χ1) is 8.07. The van der Waals surface area contributed by atoms with Gasteiger partial charge in [0.1, 0.15) is 0 Å². The zero-order valence-corrected chi connectivity index (χ0v) is 10.7. The molecule has 1 unspecified atom stereocenters. The number of halogens is 1. The van der Waals surface area contributed by atoms with Crippen molar-refractivity contribution in [3.63, 3.8) is 0 Å². The lowest BCUT2D eigenvalue weighted by Gasteiger charge is -2.34. The molecule has 1 atom stereocenters. The number of nitrogens with two attached hydrogens (primary N) is 1. The van der Waals surface area contributed by atoms with Crippen molar-refractivity contribution in [3.8, 4) is 0 Å². The van der Waals surface area contributed by atoms with E-state index in [1.165, 1.54) is 0 Å². The molecule has 1 saturated heterocycles. The molecule has 17 heavy (non-hydrogen) atoms. The summed E-state index contributed by atoms with van der Waals surface area (Å²) < 4.78 is 0. The van der Waals surface area contributed by atoms with Crippen LogP contribution >= 0.6 is 11.6 Å². The number of benzene rings is 1. The number of rotatable bonds is 2. The number of carbonyl (C=O) groups excluding carboxylic acids is 1. The zero-order chi connectivity index (χ0) is 12.5. The van der Waals surface area contributed by atoms with E-state index in [1.54, 1.807) is 24.3 Å². The molecule has 2 rings (SSSR count). The number of likely N-dealkylation sites (tertiary alicyclic amines) is 1. The van der Waals surface area contributed by atoms with Crippen LogP contribution in [-0.2, 0) is 0 Å². The van der Waals surface area contributed by atoms with Gasteiger partial charge in [-0.15, -0.1) is 0 Å². The van der Waals surface area contributed by atoms with Crippen molar-refractivity contribution in [3.05, 3.63) is 34.9 Å². The third kappa shape index (κ3) is 2.31. The molecule has 0 aromatic heterocycles. The monoisotopic (exact) mass is 252 g/mol. The van der Waals surface area contributed by atoms with Crippen molar-refractivity contribution in [2.45, 2.75) is 25.3 Å². The van der Waals surface area contributed by atoms with Gasteiger partial charge in [-0.2, -0.15) is 0 Å². The van der Waals surface area contributed by atoms with Crippen molar-refractivity contribution < 1.29 is 4.79 Å². The Kier molecular flexibility index (Phi) is 3.40. The van der Waals surface area contributed by atoms with Gasteiger partial charge in [-0.1, -0.05) is 11.6 Å². The number of hydrogen-bond donors (Lipinski definition) is 1. The molecular formula is C13H17ClN2O. The van der Waals surface area contributed by atoms with E-state index in [1.807, 2.05) is 11.8 Å². The molecule has 3 nitrogen and oxygen atoms in total. The second-order valence-electron chi connectivity index (χ2n) is 4.77. The second kappa shape index (κ2) is 4.67. The number of carbonyl (C=O) groups is 1. The van der Waals surface area contributed by atoms with Gasteiger partial charge in [0.25, 0.3) is 5.91 Å². The molecule has 1 amide bonds. The van der Waals surface area contributed by atoms with Crippen LogP contribution < -0.4 is 5.73 Å². The van der Waals surface area contributed by atoms with Crippen molar-refractivity contribution in [1.82, 2.24) is 4.90 Å². The summed E-state index contributed by atoms with van der Waals surface area (Å²) in [6, 6.07) is 7.01. The first-order valence-electron chi connectivity index (χ1n) is 5.84. The number of hydrogen-bond acceptors (Lipinski definition) is 2. The quantitative estimate of drug-likeness (QED) is 0.878. The van der Waals surface area contributed by atoms with Crippen LogP contribution in [0.25, 0.3) is 0 Å². The third-order valence-corrected chi connectivity index (χ3v) is 3.78. The Morgan fingerprint density at radius 3 is 2.71 bits per heavy atom. The molecule has 0 radical (unpaired) electrons. The minimum absolute atomic E-state index is 0.0483. The van der Waals surface area contributed by atoms with Crippen LogP contribution in [0.1, 0.15) is 30.1 Å². The SMILES string of the molecule is CC1(CN)CCCN1C(=O)c1ccc(Cl)cc1. The van der Waals surface area contributed by atoms with Gasteiger partial charge in [0, 0.05) is 23.7 Å². The van der Waals surface area contributed by atoms with E-state index in [9.17, 15) is 4.79 Å². The fraction of sp³-hybridized carbons (Fsp3) is 0.462. The molecule has 1 aromatic carbocycles. The highest BCUT2D eigenvalue weighted by atomic mass is 35.5. The summed E-state index contributed by atoms with van der Waals surface area (Å²) in [4.78, 5) is 14.2. The fourth-order valence-electron chi connectivity index (χ4n) is 2.33. The highest BCUT2D eigenvalue weighted by Gasteiger charge is 2.38. The molecular weight excluding hydrogens is 236 g/mol. The molecule has 92 valence electrons. The molecule has 0 bridgehead atoms. The van der Waals surface area contributed by atoms with Gasteiger partial charge in [0.05, 0.1) is 5.54 Å². The van der Waals surface area contributed by atoms with Gasteiger partial charge >= 0.3 is 0 Å². The molecule has 1 aliphatic rings. The molecule has 0 spiro atoms.